The molecule has 0 spiro atoms. The van der Waals surface area contributed by atoms with Gasteiger partial charge in [-0.1, -0.05) is 11.6 Å². The maximum atomic E-state index is 14.0. The van der Waals surface area contributed by atoms with Crippen molar-refractivity contribution in [3.05, 3.63) is 58.6 Å². The van der Waals surface area contributed by atoms with Gasteiger partial charge in [-0.3, -0.25) is 4.79 Å². The van der Waals surface area contributed by atoms with Crippen LogP contribution in [0.3, 0.4) is 0 Å². The van der Waals surface area contributed by atoms with Gasteiger partial charge in [-0.2, -0.15) is 4.31 Å². The van der Waals surface area contributed by atoms with Crippen molar-refractivity contribution < 1.29 is 26.7 Å². The van der Waals surface area contributed by atoms with Crippen LogP contribution in [0.15, 0.2) is 41.3 Å². The van der Waals surface area contributed by atoms with Gasteiger partial charge in [-0.25, -0.2) is 17.2 Å². The van der Waals surface area contributed by atoms with E-state index in [1.165, 1.54) is 28.6 Å². The number of carbonyl (C=O) groups is 1. The second kappa shape index (κ2) is 8.35. The monoisotopic (exact) mass is 444 g/mol. The second-order valence-corrected chi connectivity index (χ2v) is 9.10. The predicted octanol–water partition coefficient (Wildman–Crippen LogP) is 3.67. The summed E-state index contributed by atoms with van der Waals surface area (Å²) in [5.74, 6) is -2.98. The van der Waals surface area contributed by atoms with Gasteiger partial charge in [0.15, 0.2) is 5.82 Å². The van der Waals surface area contributed by atoms with Gasteiger partial charge in [0.05, 0.1) is 22.7 Å². The number of sulfonamides is 1. The van der Waals surface area contributed by atoms with Crippen LogP contribution in [0.1, 0.15) is 24.2 Å². The molecule has 1 aliphatic rings. The molecule has 1 heterocycles. The highest BCUT2D eigenvalue weighted by Gasteiger charge is 2.32. The van der Waals surface area contributed by atoms with Gasteiger partial charge >= 0.3 is 0 Å². The van der Waals surface area contributed by atoms with Crippen LogP contribution >= 0.6 is 11.6 Å². The first-order valence-electron chi connectivity index (χ1n) is 8.80. The van der Waals surface area contributed by atoms with Gasteiger partial charge in [-0.15, -0.1) is 0 Å². The van der Waals surface area contributed by atoms with Crippen molar-refractivity contribution in [1.82, 2.24) is 4.31 Å². The molecule has 156 valence electrons. The molecule has 10 heteroatoms. The highest BCUT2D eigenvalue weighted by Crippen LogP contribution is 2.25. The first-order chi connectivity index (χ1) is 13.6. The summed E-state index contributed by atoms with van der Waals surface area (Å²) in [6, 6.07) is 7.35. The summed E-state index contributed by atoms with van der Waals surface area (Å²) < 4.78 is 59.8. The standard InChI is InChI=1S/C19H19ClF2N2O4S/c1-11-9-24(10-12(2)28-11)29(26,27)14-5-3-13(4-6-14)23-19(25)15-7-8-16(21)17(20)18(15)22/h3-8,11-12H,9-10H2,1-2H3,(H,23,25)/t11-,12+. The smallest absolute Gasteiger partial charge is 0.258 e. The van der Waals surface area contributed by atoms with E-state index in [1.54, 1.807) is 13.8 Å². The number of morpholine rings is 1. The number of carbonyl (C=O) groups excluding carboxylic acids is 1. The Morgan fingerprint density at radius 1 is 1.10 bits per heavy atom. The Hall–Kier alpha value is -2.07. The van der Waals surface area contributed by atoms with Gasteiger partial charge in [0.25, 0.3) is 5.91 Å². The molecule has 2 atom stereocenters. The SMILES string of the molecule is C[C@@H]1CN(S(=O)(=O)c2ccc(NC(=O)c3ccc(F)c(Cl)c3F)cc2)C[C@H](C)O1. The molecule has 1 N–H and O–H groups in total. The van der Waals surface area contributed by atoms with E-state index in [1.807, 2.05) is 0 Å². The minimum Gasteiger partial charge on any atom is -0.373 e. The third kappa shape index (κ3) is 4.58. The van der Waals surface area contributed by atoms with E-state index in [-0.39, 0.29) is 35.9 Å². The molecular weight excluding hydrogens is 426 g/mol. The number of rotatable bonds is 4. The highest BCUT2D eigenvalue weighted by molar-refractivity contribution is 7.89. The Bertz CT molecular complexity index is 1020. The summed E-state index contributed by atoms with van der Waals surface area (Å²) in [7, 11) is -3.72. The van der Waals surface area contributed by atoms with E-state index in [0.717, 1.165) is 12.1 Å². The summed E-state index contributed by atoms with van der Waals surface area (Å²) in [6.07, 6.45) is -0.436. The highest BCUT2D eigenvalue weighted by atomic mass is 35.5. The van der Waals surface area contributed by atoms with E-state index in [9.17, 15) is 22.0 Å². The van der Waals surface area contributed by atoms with Crippen LogP contribution in [0.25, 0.3) is 0 Å². The van der Waals surface area contributed by atoms with Gasteiger partial charge in [0.2, 0.25) is 10.0 Å². The lowest BCUT2D eigenvalue weighted by Gasteiger charge is -2.34. The topological polar surface area (TPSA) is 75.7 Å². The van der Waals surface area contributed by atoms with Crippen LogP contribution in [0, 0.1) is 11.6 Å². The largest absolute Gasteiger partial charge is 0.373 e. The Morgan fingerprint density at radius 3 is 2.28 bits per heavy atom. The van der Waals surface area contributed by atoms with E-state index < -0.39 is 38.2 Å². The van der Waals surface area contributed by atoms with Crippen LogP contribution in [0.5, 0.6) is 0 Å². The fourth-order valence-electron chi connectivity index (χ4n) is 3.09. The third-order valence-corrected chi connectivity index (χ3v) is 6.61. The number of anilines is 1. The molecule has 6 nitrogen and oxygen atoms in total. The van der Waals surface area contributed by atoms with Crippen LogP contribution in [-0.2, 0) is 14.8 Å². The van der Waals surface area contributed by atoms with Crippen molar-refractivity contribution >= 4 is 33.2 Å². The lowest BCUT2D eigenvalue weighted by molar-refractivity contribution is -0.0440. The lowest BCUT2D eigenvalue weighted by atomic mass is 10.2. The predicted molar refractivity (Wildman–Crippen MR) is 105 cm³/mol. The van der Waals surface area contributed by atoms with Crippen molar-refractivity contribution in [2.75, 3.05) is 18.4 Å². The molecule has 1 aliphatic heterocycles. The van der Waals surface area contributed by atoms with Gasteiger partial charge in [-0.05, 0) is 50.2 Å². The first kappa shape index (κ1) is 21.6. The first-order valence-corrected chi connectivity index (χ1v) is 10.6. The fraction of sp³-hybridized carbons (Fsp3) is 0.316. The van der Waals surface area contributed by atoms with Gasteiger partial charge in [0, 0.05) is 18.8 Å². The Labute approximate surface area is 172 Å². The molecule has 0 aromatic heterocycles. The summed E-state index contributed by atoms with van der Waals surface area (Å²) in [4.78, 5) is 12.3. The van der Waals surface area contributed by atoms with Crippen molar-refractivity contribution in [1.29, 1.82) is 0 Å². The number of benzene rings is 2. The maximum absolute atomic E-state index is 14.0. The number of ether oxygens (including phenoxy) is 1. The van der Waals surface area contributed by atoms with E-state index >= 15 is 0 Å². The molecule has 0 bridgehead atoms. The molecule has 0 unspecified atom stereocenters. The molecule has 2 aromatic rings. The van der Waals surface area contributed by atoms with Crippen molar-refractivity contribution in [2.24, 2.45) is 0 Å². The number of nitrogens with one attached hydrogen (secondary N) is 1. The molecule has 2 aromatic carbocycles. The average Bonchev–Trinajstić information content (AvgIpc) is 2.66. The van der Waals surface area contributed by atoms with Crippen LogP contribution < -0.4 is 5.32 Å². The zero-order valence-corrected chi connectivity index (χ0v) is 17.2. The molecule has 29 heavy (non-hydrogen) atoms. The minimum absolute atomic E-state index is 0.0628. The third-order valence-electron chi connectivity index (χ3n) is 4.42. The Balaban J connectivity index is 1.76. The molecule has 3 rings (SSSR count). The van der Waals surface area contributed by atoms with Gasteiger partial charge < -0.3 is 10.1 Å². The van der Waals surface area contributed by atoms with Crippen LogP contribution in [0.4, 0.5) is 14.5 Å². The molecule has 1 fully saturated rings. The number of hydrogen-bond donors (Lipinski definition) is 1. The molecule has 1 saturated heterocycles. The normalized spacial score (nSPS) is 20.4. The van der Waals surface area contributed by atoms with Crippen molar-refractivity contribution in [3.8, 4) is 0 Å². The zero-order chi connectivity index (χ0) is 21.3. The summed E-state index contributed by atoms with van der Waals surface area (Å²) in [6.45, 7) is 4.10. The fourth-order valence-corrected chi connectivity index (χ4v) is 4.84. The molecule has 0 radical (unpaired) electrons. The summed E-state index contributed by atoms with van der Waals surface area (Å²) in [5, 5.41) is 1.66. The average molecular weight is 445 g/mol. The van der Waals surface area contributed by atoms with Crippen molar-refractivity contribution in [2.45, 2.75) is 31.0 Å². The van der Waals surface area contributed by atoms with Gasteiger partial charge in [0.1, 0.15) is 10.8 Å². The second-order valence-electron chi connectivity index (χ2n) is 6.78. The molecule has 0 aliphatic carbocycles. The number of amides is 1. The molecule has 1 amide bonds. The maximum Gasteiger partial charge on any atom is 0.258 e. The van der Waals surface area contributed by atoms with Crippen LogP contribution in [0.2, 0.25) is 5.02 Å². The van der Waals surface area contributed by atoms with E-state index in [0.29, 0.717) is 0 Å². The number of hydrogen-bond acceptors (Lipinski definition) is 4. The van der Waals surface area contributed by atoms with Crippen molar-refractivity contribution in [3.63, 3.8) is 0 Å². The lowest BCUT2D eigenvalue weighted by Crippen LogP contribution is -2.48. The minimum atomic E-state index is -3.72. The Kier molecular flexibility index (Phi) is 6.23. The molecule has 0 saturated carbocycles. The number of nitrogens with zero attached hydrogens (tertiary/aromatic N) is 1. The summed E-state index contributed by atoms with van der Waals surface area (Å²) >= 11 is 5.48. The Morgan fingerprint density at radius 2 is 1.69 bits per heavy atom. The quantitative estimate of drug-likeness (QED) is 0.730. The summed E-state index contributed by atoms with van der Waals surface area (Å²) in [5.41, 5.74) is -0.179. The van der Waals surface area contributed by atoms with E-state index in [2.05, 4.69) is 5.32 Å². The van der Waals surface area contributed by atoms with E-state index in [4.69, 9.17) is 16.3 Å². The molecular formula is C19H19ClF2N2O4S. The zero-order valence-electron chi connectivity index (χ0n) is 15.7. The van der Waals surface area contributed by atoms with Crippen LogP contribution in [-0.4, -0.2) is 43.9 Å². The number of halogens is 3.